The van der Waals surface area contributed by atoms with Crippen LogP contribution in [-0.4, -0.2) is 23.2 Å². The molecule has 2 aromatic rings. The Bertz CT molecular complexity index is 649. The lowest BCUT2D eigenvalue weighted by atomic mass is 10.2. The Labute approximate surface area is 122 Å². The molecule has 0 radical (unpaired) electrons. The van der Waals surface area contributed by atoms with Gasteiger partial charge in [0.2, 0.25) is 11.8 Å². The number of nitrogens with one attached hydrogen (secondary N) is 1. The number of aromatic nitrogens is 2. The third-order valence-electron chi connectivity index (χ3n) is 2.83. The molecule has 1 N–H and O–H groups in total. The van der Waals surface area contributed by atoms with Gasteiger partial charge in [0, 0.05) is 11.6 Å². The molecule has 1 amide bonds. The highest BCUT2D eigenvalue weighted by Crippen LogP contribution is 2.18. The number of carbonyl (C=O) groups is 1. The Morgan fingerprint density at radius 2 is 2.19 bits per heavy atom. The number of amides is 1. The number of aryl methyl sites for hydroxylation is 1. The van der Waals surface area contributed by atoms with E-state index < -0.39 is 0 Å². The zero-order valence-electron chi connectivity index (χ0n) is 12.2. The fourth-order valence-electron chi connectivity index (χ4n) is 1.78. The average molecular weight is 287 g/mol. The molecule has 0 bridgehead atoms. The van der Waals surface area contributed by atoms with Crippen molar-refractivity contribution in [2.75, 3.05) is 7.11 Å². The van der Waals surface area contributed by atoms with Gasteiger partial charge >= 0.3 is 0 Å². The Morgan fingerprint density at radius 3 is 2.86 bits per heavy atom. The van der Waals surface area contributed by atoms with Crippen LogP contribution < -0.4 is 10.1 Å². The molecule has 0 fully saturated rings. The minimum absolute atomic E-state index is 0.246. The zero-order chi connectivity index (χ0) is 15.2. The smallest absolute Gasteiger partial charge is 0.248 e. The first-order valence-corrected chi connectivity index (χ1v) is 6.52. The molecule has 0 saturated carbocycles. The summed E-state index contributed by atoms with van der Waals surface area (Å²) in [6.07, 6.45) is 3.14. The van der Waals surface area contributed by atoms with Gasteiger partial charge in [-0.25, -0.2) is 0 Å². The maximum absolute atomic E-state index is 11.9. The summed E-state index contributed by atoms with van der Waals surface area (Å²) in [6, 6.07) is 7.11. The maximum atomic E-state index is 11.9. The monoisotopic (exact) mass is 287 g/mol. The topological polar surface area (TPSA) is 77.2 Å². The van der Waals surface area contributed by atoms with Gasteiger partial charge in [0.1, 0.15) is 11.8 Å². The molecule has 1 aromatic carbocycles. The molecule has 6 nitrogen and oxygen atoms in total. The van der Waals surface area contributed by atoms with Crippen molar-refractivity contribution in [3.8, 4) is 5.75 Å². The lowest BCUT2D eigenvalue weighted by Crippen LogP contribution is -2.24. The Morgan fingerprint density at radius 1 is 1.43 bits per heavy atom. The molecular formula is C15H17N3O3. The summed E-state index contributed by atoms with van der Waals surface area (Å²) in [5, 5.41) is 6.44. The van der Waals surface area contributed by atoms with Gasteiger partial charge in [0.15, 0.2) is 5.82 Å². The number of hydrogen-bond acceptors (Lipinski definition) is 5. The van der Waals surface area contributed by atoms with Crippen LogP contribution in [0.1, 0.15) is 30.2 Å². The molecule has 0 aliphatic heterocycles. The van der Waals surface area contributed by atoms with Gasteiger partial charge in [0.25, 0.3) is 0 Å². The van der Waals surface area contributed by atoms with Crippen LogP contribution in [0.25, 0.3) is 6.08 Å². The van der Waals surface area contributed by atoms with E-state index in [1.54, 1.807) is 27.0 Å². The Balaban J connectivity index is 1.99. The van der Waals surface area contributed by atoms with Gasteiger partial charge in [-0.3, -0.25) is 4.79 Å². The van der Waals surface area contributed by atoms with Crippen LogP contribution >= 0.6 is 0 Å². The van der Waals surface area contributed by atoms with Gasteiger partial charge < -0.3 is 14.6 Å². The largest absolute Gasteiger partial charge is 0.496 e. The lowest BCUT2D eigenvalue weighted by molar-refractivity contribution is -0.117. The van der Waals surface area contributed by atoms with Crippen LogP contribution in [0.3, 0.4) is 0 Å². The van der Waals surface area contributed by atoms with Gasteiger partial charge in [-0.05, 0) is 26.0 Å². The number of methoxy groups -OCH3 is 1. The summed E-state index contributed by atoms with van der Waals surface area (Å²) < 4.78 is 10.2. The number of para-hydroxylation sites is 1. The molecule has 110 valence electrons. The summed E-state index contributed by atoms with van der Waals surface area (Å²) in [5.74, 6) is 1.38. The van der Waals surface area contributed by atoms with E-state index in [2.05, 4.69) is 15.5 Å². The minimum atomic E-state index is -0.346. The van der Waals surface area contributed by atoms with Crippen LogP contribution in [0, 0.1) is 6.92 Å². The average Bonchev–Trinajstić information content (AvgIpc) is 2.92. The SMILES string of the molecule is COc1ccccc1/C=C\C(=O)N[C@H](C)c1nc(C)no1. The van der Waals surface area contributed by atoms with Crippen LogP contribution in [0.4, 0.5) is 0 Å². The summed E-state index contributed by atoms with van der Waals surface area (Å²) in [4.78, 5) is 16.0. The van der Waals surface area contributed by atoms with E-state index in [4.69, 9.17) is 9.26 Å². The minimum Gasteiger partial charge on any atom is -0.496 e. The van der Waals surface area contributed by atoms with Crippen molar-refractivity contribution in [1.29, 1.82) is 0 Å². The van der Waals surface area contributed by atoms with E-state index in [1.807, 2.05) is 24.3 Å². The molecule has 0 unspecified atom stereocenters. The Hall–Kier alpha value is -2.63. The van der Waals surface area contributed by atoms with Crippen molar-refractivity contribution >= 4 is 12.0 Å². The first-order chi connectivity index (χ1) is 10.1. The highest BCUT2D eigenvalue weighted by Gasteiger charge is 2.14. The molecule has 0 saturated heterocycles. The second-order valence-electron chi connectivity index (χ2n) is 4.49. The number of hydrogen-bond donors (Lipinski definition) is 1. The van der Waals surface area contributed by atoms with Gasteiger partial charge in [0.05, 0.1) is 7.11 Å². The molecular weight excluding hydrogens is 270 g/mol. The quantitative estimate of drug-likeness (QED) is 0.854. The fourth-order valence-corrected chi connectivity index (χ4v) is 1.78. The van der Waals surface area contributed by atoms with Gasteiger partial charge in [-0.2, -0.15) is 4.98 Å². The summed E-state index contributed by atoms with van der Waals surface area (Å²) >= 11 is 0. The molecule has 1 heterocycles. The van der Waals surface area contributed by atoms with E-state index in [9.17, 15) is 4.79 Å². The molecule has 0 spiro atoms. The number of nitrogens with zero attached hydrogens (tertiary/aromatic N) is 2. The predicted molar refractivity (Wildman–Crippen MR) is 77.6 cm³/mol. The van der Waals surface area contributed by atoms with Crippen LogP contribution in [0.5, 0.6) is 5.75 Å². The first-order valence-electron chi connectivity index (χ1n) is 6.52. The molecule has 1 aromatic heterocycles. The highest BCUT2D eigenvalue weighted by molar-refractivity contribution is 5.92. The third-order valence-corrected chi connectivity index (χ3v) is 2.83. The molecule has 6 heteroatoms. The number of carbonyl (C=O) groups excluding carboxylic acids is 1. The Kier molecular flexibility index (Phi) is 4.71. The van der Waals surface area contributed by atoms with Crippen molar-refractivity contribution < 1.29 is 14.1 Å². The second kappa shape index (κ2) is 6.69. The van der Waals surface area contributed by atoms with Gasteiger partial charge in [-0.1, -0.05) is 23.4 Å². The first kappa shape index (κ1) is 14.8. The normalized spacial score (nSPS) is 12.3. The molecule has 0 aliphatic carbocycles. The van der Waals surface area contributed by atoms with E-state index in [0.29, 0.717) is 17.5 Å². The summed E-state index contributed by atoms with van der Waals surface area (Å²) in [7, 11) is 1.59. The molecule has 0 aliphatic rings. The summed E-state index contributed by atoms with van der Waals surface area (Å²) in [6.45, 7) is 3.50. The standard InChI is InChI=1S/C15H17N3O3/c1-10(15-17-11(2)18-21-15)16-14(19)9-8-12-6-4-5-7-13(12)20-3/h4-10H,1-3H3,(H,16,19)/b9-8-/t10-/m1/s1. The predicted octanol–water partition coefficient (Wildman–Crippen LogP) is 2.28. The van der Waals surface area contributed by atoms with Crippen molar-refractivity contribution in [3.05, 3.63) is 47.6 Å². The van der Waals surface area contributed by atoms with Crippen LogP contribution in [0.2, 0.25) is 0 Å². The fraction of sp³-hybridized carbons (Fsp3) is 0.267. The zero-order valence-corrected chi connectivity index (χ0v) is 12.2. The lowest BCUT2D eigenvalue weighted by Gasteiger charge is -2.07. The van der Waals surface area contributed by atoms with E-state index in [1.165, 1.54) is 6.08 Å². The van der Waals surface area contributed by atoms with Crippen LogP contribution in [-0.2, 0) is 4.79 Å². The number of rotatable bonds is 5. The number of benzene rings is 1. The van der Waals surface area contributed by atoms with Gasteiger partial charge in [-0.15, -0.1) is 0 Å². The third kappa shape index (κ3) is 3.92. The number of ether oxygens (including phenoxy) is 1. The second-order valence-corrected chi connectivity index (χ2v) is 4.49. The molecule has 21 heavy (non-hydrogen) atoms. The van der Waals surface area contributed by atoms with Crippen molar-refractivity contribution in [2.24, 2.45) is 0 Å². The van der Waals surface area contributed by atoms with Crippen molar-refractivity contribution in [2.45, 2.75) is 19.9 Å². The molecule has 1 atom stereocenters. The highest BCUT2D eigenvalue weighted by atomic mass is 16.5. The summed E-state index contributed by atoms with van der Waals surface area (Å²) in [5.41, 5.74) is 0.830. The van der Waals surface area contributed by atoms with Crippen LogP contribution in [0.15, 0.2) is 34.9 Å². The van der Waals surface area contributed by atoms with Crippen molar-refractivity contribution in [3.63, 3.8) is 0 Å². The van der Waals surface area contributed by atoms with E-state index in [-0.39, 0.29) is 11.9 Å². The van der Waals surface area contributed by atoms with E-state index in [0.717, 1.165) is 5.56 Å². The van der Waals surface area contributed by atoms with E-state index >= 15 is 0 Å². The molecule has 2 rings (SSSR count). The maximum Gasteiger partial charge on any atom is 0.248 e. The van der Waals surface area contributed by atoms with Crippen molar-refractivity contribution in [1.82, 2.24) is 15.5 Å².